The van der Waals surface area contributed by atoms with Crippen molar-refractivity contribution in [1.82, 2.24) is 0 Å². The molecule has 0 radical (unpaired) electrons. The van der Waals surface area contributed by atoms with E-state index >= 15 is 0 Å². The number of hydrogen-bond acceptors (Lipinski definition) is 2. The van der Waals surface area contributed by atoms with Crippen molar-refractivity contribution in [3.05, 3.63) is 29.8 Å². The molecule has 0 aliphatic carbocycles. The highest BCUT2D eigenvalue weighted by Crippen LogP contribution is 2.19. The molecular formula is C13H18O2. The monoisotopic (exact) mass is 206 g/mol. The lowest BCUT2D eigenvalue weighted by atomic mass is 10.1. The van der Waals surface area contributed by atoms with Gasteiger partial charge in [0.25, 0.3) is 0 Å². The first kappa shape index (κ1) is 10.5. The zero-order valence-corrected chi connectivity index (χ0v) is 9.24. The third-order valence-corrected chi connectivity index (χ3v) is 2.78. The van der Waals surface area contributed by atoms with Crippen LogP contribution in [0.25, 0.3) is 0 Å². The quantitative estimate of drug-likeness (QED) is 0.757. The fourth-order valence-corrected chi connectivity index (χ4v) is 1.82. The standard InChI is InChI=1S/C13H18O2/c1-2-11-4-3-5-13(10-11)15-12-6-8-14-9-7-12/h3-5,10,12H,2,6-9H2,1H3. The number of ether oxygens (including phenoxy) is 2. The minimum absolute atomic E-state index is 0.339. The fraction of sp³-hybridized carbons (Fsp3) is 0.538. The number of aryl methyl sites for hydroxylation is 1. The molecule has 1 saturated heterocycles. The minimum Gasteiger partial charge on any atom is -0.490 e. The van der Waals surface area contributed by atoms with Gasteiger partial charge in [0.05, 0.1) is 13.2 Å². The lowest BCUT2D eigenvalue weighted by Gasteiger charge is -2.23. The van der Waals surface area contributed by atoms with Crippen LogP contribution < -0.4 is 4.74 Å². The van der Waals surface area contributed by atoms with Gasteiger partial charge in [-0.05, 0) is 24.1 Å². The van der Waals surface area contributed by atoms with E-state index < -0.39 is 0 Å². The van der Waals surface area contributed by atoms with Crippen LogP contribution in [0.1, 0.15) is 25.3 Å². The second-order valence-corrected chi connectivity index (χ2v) is 3.93. The summed E-state index contributed by atoms with van der Waals surface area (Å²) in [6, 6.07) is 8.37. The van der Waals surface area contributed by atoms with Gasteiger partial charge in [0, 0.05) is 12.8 Å². The van der Waals surface area contributed by atoms with Crippen molar-refractivity contribution in [3.63, 3.8) is 0 Å². The van der Waals surface area contributed by atoms with Crippen LogP contribution in [0.15, 0.2) is 24.3 Å². The maximum atomic E-state index is 5.92. The summed E-state index contributed by atoms with van der Waals surface area (Å²) in [5.41, 5.74) is 1.33. The van der Waals surface area contributed by atoms with E-state index in [-0.39, 0.29) is 0 Å². The third-order valence-electron chi connectivity index (χ3n) is 2.78. The summed E-state index contributed by atoms with van der Waals surface area (Å²) < 4.78 is 11.2. The minimum atomic E-state index is 0.339. The van der Waals surface area contributed by atoms with Crippen molar-refractivity contribution in [1.29, 1.82) is 0 Å². The average molecular weight is 206 g/mol. The van der Waals surface area contributed by atoms with Gasteiger partial charge < -0.3 is 9.47 Å². The Morgan fingerprint density at radius 2 is 2.13 bits per heavy atom. The molecule has 15 heavy (non-hydrogen) atoms. The first-order valence-electron chi connectivity index (χ1n) is 5.72. The first-order valence-corrected chi connectivity index (χ1v) is 5.72. The Morgan fingerprint density at radius 3 is 2.87 bits per heavy atom. The lowest BCUT2D eigenvalue weighted by Crippen LogP contribution is -2.25. The predicted molar refractivity (Wildman–Crippen MR) is 60.3 cm³/mol. The Bertz CT molecular complexity index is 303. The topological polar surface area (TPSA) is 18.5 Å². The molecular weight excluding hydrogens is 188 g/mol. The SMILES string of the molecule is CCc1cccc(OC2CCOCC2)c1. The van der Waals surface area contributed by atoms with Crippen LogP contribution in [0.5, 0.6) is 5.75 Å². The highest BCUT2D eigenvalue weighted by Gasteiger charge is 2.14. The molecule has 0 aromatic heterocycles. The molecule has 1 aliphatic rings. The zero-order valence-electron chi connectivity index (χ0n) is 9.24. The van der Waals surface area contributed by atoms with E-state index in [4.69, 9.17) is 9.47 Å². The van der Waals surface area contributed by atoms with E-state index in [2.05, 4.69) is 25.1 Å². The van der Waals surface area contributed by atoms with Gasteiger partial charge in [-0.2, -0.15) is 0 Å². The van der Waals surface area contributed by atoms with Gasteiger partial charge in [-0.1, -0.05) is 19.1 Å². The molecule has 1 fully saturated rings. The Kier molecular flexibility index (Phi) is 3.62. The highest BCUT2D eigenvalue weighted by atomic mass is 16.5. The van der Waals surface area contributed by atoms with E-state index in [1.807, 2.05) is 6.07 Å². The summed E-state index contributed by atoms with van der Waals surface area (Å²) in [6.07, 6.45) is 3.42. The van der Waals surface area contributed by atoms with Gasteiger partial charge in [-0.15, -0.1) is 0 Å². The van der Waals surface area contributed by atoms with Crippen LogP contribution in [-0.4, -0.2) is 19.3 Å². The smallest absolute Gasteiger partial charge is 0.119 e. The molecule has 0 bridgehead atoms. The zero-order chi connectivity index (χ0) is 10.5. The van der Waals surface area contributed by atoms with E-state index in [0.717, 1.165) is 38.2 Å². The average Bonchev–Trinajstić information content (AvgIpc) is 2.31. The van der Waals surface area contributed by atoms with E-state index in [1.54, 1.807) is 0 Å². The second-order valence-electron chi connectivity index (χ2n) is 3.93. The Hall–Kier alpha value is -1.02. The molecule has 2 nitrogen and oxygen atoms in total. The summed E-state index contributed by atoms with van der Waals surface area (Å²) >= 11 is 0. The summed E-state index contributed by atoms with van der Waals surface area (Å²) in [5.74, 6) is 1.00. The van der Waals surface area contributed by atoms with Gasteiger partial charge in [0.15, 0.2) is 0 Å². The molecule has 0 unspecified atom stereocenters. The molecule has 1 aromatic rings. The van der Waals surface area contributed by atoms with Gasteiger partial charge in [0.1, 0.15) is 11.9 Å². The summed E-state index contributed by atoms with van der Waals surface area (Å²) in [7, 11) is 0. The Balaban J connectivity index is 1.96. The largest absolute Gasteiger partial charge is 0.490 e. The Morgan fingerprint density at radius 1 is 1.33 bits per heavy atom. The maximum absolute atomic E-state index is 5.92. The molecule has 2 rings (SSSR count). The molecule has 0 saturated carbocycles. The van der Waals surface area contributed by atoms with Crippen molar-refractivity contribution < 1.29 is 9.47 Å². The fourth-order valence-electron chi connectivity index (χ4n) is 1.82. The molecule has 0 atom stereocenters. The molecule has 1 aliphatic heterocycles. The van der Waals surface area contributed by atoms with Crippen LogP contribution in [0.2, 0.25) is 0 Å². The first-order chi connectivity index (χ1) is 7.38. The lowest BCUT2D eigenvalue weighted by molar-refractivity contribution is 0.0255. The summed E-state index contributed by atoms with van der Waals surface area (Å²) in [6.45, 7) is 3.82. The van der Waals surface area contributed by atoms with Gasteiger partial charge in [0.2, 0.25) is 0 Å². The summed E-state index contributed by atoms with van der Waals surface area (Å²) in [5, 5.41) is 0. The molecule has 82 valence electrons. The van der Waals surface area contributed by atoms with Crippen molar-refractivity contribution in [2.24, 2.45) is 0 Å². The molecule has 0 N–H and O–H groups in total. The number of benzene rings is 1. The predicted octanol–water partition coefficient (Wildman–Crippen LogP) is 2.81. The summed E-state index contributed by atoms with van der Waals surface area (Å²) in [4.78, 5) is 0. The van der Waals surface area contributed by atoms with Crippen LogP contribution in [-0.2, 0) is 11.2 Å². The normalized spacial score (nSPS) is 17.7. The van der Waals surface area contributed by atoms with E-state index in [1.165, 1.54) is 5.56 Å². The van der Waals surface area contributed by atoms with E-state index in [0.29, 0.717) is 6.10 Å². The van der Waals surface area contributed by atoms with Crippen LogP contribution in [0.4, 0.5) is 0 Å². The molecule has 1 heterocycles. The van der Waals surface area contributed by atoms with Crippen LogP contribution in [0.3, 0.4) is 0 Å². The second kappa shape index (κ2) is 5.17. The van der Waals surface area contributed by atoms with E-state index in [9.17, 15) is 0 Å². The van der Waals surface area contributed by atoms with Crippen molar-refractivity contribution in [3.8, 4) is 5.75 Å². The van der Waals surface area contributed by atoms with Gasteiger partial charge >= 0.3 is 0 Å². The van der Waals surface area contributed by atoms with Crippen molar-refractivity contribution in [2.45, 2.75) is 32.3 Å². The van der Waals surface area contributed by atoms with Gasteiger partial charge in [-0.25, -0.2) is 0 Å². The molecule has 0 amide bonds. The van der Waals surface area contributed by atoms with Crippen LogP contribution in [0, 0.1) is 0 Å². The molecule has 1 aromatic carbocycles. The molecule has 0 spiro atoms. The van der Waals surface area contributed by atoms with Gasteiger partial charge in [-0.3, -0.25) is 0 Å². The Labute approximate surface area is 91.2 Å². The number of rotatable bonds is 3. The van der Waals surface area contributed by atoms with Crippen LogP contribution >= 0.6 is 0 Å². The highest BCUT2D eigenvalue weighted by molar-refractivity contribution is 5.28. The van der Waals surface area contributed by atoms with Crippen molar-refractivity contribution in [2.75, 3.05) is 13.2 Å². The maximum Gasteiger partial charge on any atom is 0.119 e. The molecule has 2 heteroatoms. The number of hydrogen-bond donors (Lipinski definition) is 0. The van der Waals surface area contributed by atoms with Crippen molar-refractivity contribution >= 4 is 0 Å². The third kappa shape index (κ3) is 2.96.